The SMILES string of the molecule is Cc1ccc(O)cc1N.Cc1ccc(O)cc1N. The lowest BCUT2D eigenvalue weighted by Gasteiger charge is -1.97. The molecule has 0 atom stereocenters. The average Bonchev–Trinajstić information content (AvgIpc) is 2.30. The van der Waals surface area contributed by atoms with E-state index >= 15 is 0 Å². The molecule has 2 aromatic carbocycles. The van der Waals surface area contributed by atoms with Crippen molar-refractivity contribution in [3.8, 4) is 11.5 Å². The number of rotatable bonds is 0. The largest absolute Gasteiger partial charge is 0.508 e. The van der Waals surface area contributed by atoms with Crippen molar-refractivity contribution in [3.63, 3.8) is 0 Å². The number of phenols is 2. The van der Waals surface area contributed by atoms with Crippen molar-refractivity contribution in [2.75, 3.05) is 11.5 Å². The third-order valence-corrected chi connectivity index (χ3v) is 2.53. The lowest BCUT2D eigenvalue weighted by atomic mass is 10.2. The lowest BCUT2D eigenvalue weighted by Crippen LogP contribution is -1.86. The van der Waals surface area contributed by atoms with Crippen LogP contribution in [0.15, 0.2) is 36.4 Å². The number of anilines is 2. The van der Waals surface area contributed by atoms with Crippen molar-refractivity contribution in [1.82, 2.24) is 0 Å². The smallest absolute Gasteiger partial charge is 0.117 e. The van der Waals surface area contributed by atoms with Gasteiger partial charge in [-0.05, 0) is 37.1 Å². The molecule has 0 radical (unpaired) electrons. The topological polar surface area (TPSA) is 92.5 Å². The van der Waals surface area contributed by atoms with Crippen LogP contribution in [-0.4, -0.2) is 10.2 Å². The minimum absolute atomic E-state index is 0.220. The van der Waals surface area contributed by atoms with Crippen molar-refractivity contribution in [1.29, 1.82) is 0 Å². The summed E-state index contributed by atoms with van der Waals surface area (Å²) in [5.74, 6) is 0.441. The summed E-state index contributed by atoms with van der Waals surface area (Å²) in [5, 5.41) is 17.7. The van der Waals surface area contributed by atoms with E-state index in [-0.39, 0.29) is 11.5 Å². The Labute approximate surface area is 106 Å². The number of hydrogen-bond acceptors (Lipinski definition) is 4. The third-order valence-electron chi connectivity index (χ3n) is 2.53. The van der Waals surface area contributed by atoms with Crippen LogP contribution in [0.25, 0.3) is 0 Å². The molecule has 2 aromatic rings. The molecular formula is C14H18N2O2. The van der Waals surface area contributed by atoms with Crippen LogP contribution >= 0.6 is 0 Å². The van der Waals surface area contributed by atoms with Gasteiger partial charge in [-0.2, -0.15) is 0 Å². The minimum Gasteiger partial charge on any atom is -0.508 e. The first-order valence-corrected chi connectivity index (χ1v) is 5.50. The Balaban J connectivity index is 0.000000180. The monoisotopic (exact) mass is 246 g/mol. The van der Waals surface area contributed by atoms with Gasteiger partial charge in [0.2, 0.25) is 0 Å². The molecule has 0 aliphatic rings. The predicted octanol–water partition coefficient (Wildman–Crippen LogP) is 2.57. The van der Waals surface area contributed by atoms with Gasteiger partial charge in [0.05, 0.1) is 0 Å². The van der Waals surface area contributed by atoms with E-state index in [9.17, 15) is 0 Å². The summed E-state index contributed by atoms with van der Waals surface area (Å²) >= 11 is 0. The molecule has 0 heterocycles. The van der Waals surface area contributed by atoms with E-state index in [0.717, 1.165) is 11.1 Å². The van der Waals surface area contributed by atoms with Crippen molar-refractivity contribution in [3.05, 3.63) is 47.5 Å². The number of aromatic hydroxyl groups is 2. The van der Waals surface area contributed by atoms with Gasteiger partial charge >= 0.3 is 0 Å². The number of nitrogen functional groups attached to an aromatic ring is 2. The Morgan fingerprint density at radius 2 is 1.06 bits per heavy atom. The van der Waals surface area contributed by atoms with E-state index < -0.39 is 0 Å². The highest BCUT2D eigenvalue weighted by molar-refractivity contribution is 5.50. The second-order valence-electron chi connectivity index (χ2n) is 4.08. The maximum Gasteiger partial charge on any atom is 0.117 e. The molecule has 0 amide bonds. The zero-order chi connectivity index (χ0) is 13.7. The number of hydrogen-bond donors (Lipinski definition) is 4. The maximum atomic E-state index is 8.86. The van der Waals surface area contributed by atoms with Crippen LogP contribution in [0.1, 0.15) is 11.1 Å². The first-order chi connectivity index (χ1) is 8.40. The van der Waals surface area contributed by atoms with E-state index in [1.165, 1.54) is 12.1 Å². The minimum atomic E-state index is 0.220. The van der Waals surface area contributed by atoms with Crippen LogP contribution in [-0.2, 0) is 0 Å². The van der Waals surface area contributed by atoms with Crippen molar-refractivity contribution in [2.45, 2.75) is 13.8 Å². The Morgan fingerprint density at radius 3 is 1.28 bits per heavy atom. The van der Waals surface area contributed by atoms with Gasteiger partial charge in [0.1, 0.15) is 11.5 Å². The second kappa shape index (κ2) is 5.82. The number of phenolic OH excluding ortho intramolecular Hbond substituents is 2. The highest BCUT2D eigenvalue weighted by Gasteiger charge is 1.92. The molecule has 96 valence electrons. The van der Waals surface area contributed by atoms with E-state index in [2.05, 4.69) is 0 Å². The zero-order valence-electron chi connectivity index (χ0n) is 10.5. The number of aryl methyl sites for hydroxylation is 2. The number of benzene rings is 2. The lowest BCUT2D eigenvalue weighted by molar-refractivity contribution is 0.475. The third kappa shape index (κ3) is 3.90. The Bertz CT molecular complexity index is 490. The predicted molar refractivity (Wildman–Crippen MR) is 74.5 cm³/mol. The molecule has 0 saturated carbocycles. The zero-order valence-corrected chi connectivity index (χ0v) is 10.5. The second-order valence-corrected chi connectivity index (χ2v) is 4.08. The normalized spacial score (nSPS) is 9.44. The number of nitrogens with two attached hydrogens (primary N) is 2. The molecule has 0 fully saturated rings. The fraction of sp³-hybridized carbons (Fsp3) is 0.143. The van der Waals surface area contributed by atoms with Crippen molar-refractivity contribution in [2.24, 2.45) is 0 Å². The fourth-order valence-electron chi connectivity index (χ4n) is 1.26. The molecule has 6 N–H and O–H groups in total. The van der Waals surface area contributed by atoms with Crippen LogP contribution in [0.3, 0.4) is 0 Å². The van der Waals surface area contributed by atoms with Gasteiger partial charge < -0.3 is 21.7 Å². The van der Waals surface area contributed by atoms with E-state index in [0.29, 0.717) is 11.4 Å². The average molecular weight is 246 g/mol. The summed E-state index contributed by atoms with van der Waals surface area (Å²) in [4.78, 5) is 0. The molecule has 0 saturated heterocycles. The van der Waals surface area contributed by atoms with Crippen LogP contribution in [0.2, 0.25) is 0 Å². The van der Waals surface area contributed by atoms with Gasteiger partial charge in [0.15, 0.2) is 0 Å². The van der Waals surface area contributed by atoms with Gasteiger partial charge in [-0.15, -0.1) is 0 Å². The van der Waals surface area contributed by atoms with Crippen LogP contribution in [0.5, 0.6) is 11.5 Å². The molecule has 0 aliphatic heterocycles. The fourth-order valence-corrected chi connectivity index (χ4v) is 1.26. The van der Waals surface area contributed by atoms with Crippen molar-refractivity contribution >= 4 is 11.4 Å². The van der Waals surface area contributed by atoms with Gasteiger partial charge in [0.25, 0.3) is 0 Å². The summed E-state index contributed by atoms with van der Waals surface area (Å²) in [5.41, 5.74) is 14.2. The molecule has 4 nitrogen and oxygen atoms in total. The summed E-state index contributed by atoms with van der Waals surface area (Å²) in [7, 11) is 0. The maximum absolute atomic E-state index is 8.86. The molecular weight excluding hydrogens is 228 g/mol. The highest BCUT2D eigenvalue weighted by atomic mass is 16.3. The van der Waals surface area contributed by atoms with Gasteiger partial charge in [0, 0.05) is 23.5 Å². The first-order valence-electron chi connectivity index (χ1n) is 5.50. The standard InChI is InChI=1S/2C7H9NO/c2*1-5-2-3-6(9)4-7(5)8/h2*2-4,9H,8H2,1H3. The molecule has 0 aromatic heterocycles. The van der Waals surface area contributed by atoms with Crippen LogP contribution in [0, 0.1) is 13.8 Å². The summed E-state index contributed by atoms with van der Waals surface area (Å²) in [6, 6.07) is 9.87. The molecule has 18 heavy (non-hydrogen) atoms. The summed E-state index contributed by atoms with van der Waals surface area (Å²) in [6.07, 6.45) is 0. The quantitative estimate of drug-likeness (QED) is 0.537. The Kier molecular flexibility index (Phi) is 4.43. The molecule has 0 bridgehead atoms. The van der Waals surface area contributed by atoms with Crippen LogP contribution < -0.4 is 11.5 Å². The first kappa shape index (κ1) is 13.7. The summed E-state index contributed by atoms with van der Waals surface area (Å²) < 4.78 is 0. The summed E-state index contributed by atoms with van der Waals surface area (Å²) in [6.45, 7) is 3.80. The highest BCUT2D eigenvalue weighted by Crippen LogP contribution is 2.17. The Morgan fingerprint density at radius 1 is 0.722 bits per heavy atom. The molecule has 0 aliphatic carbocycles. The van der Waals surface area contributed by atoms with Gasteiger partial charge in [-0.3, -0.25) is 0 Å². The van der Waals surface area contributed by atoms with E-state index in [1.807, 2.05) is 13.8 Å². The molecule has 2 rings (SSSR count). The van der Waals surface area contributed by atoms with Crippen LogP contribution in [0.4, 0.5) is 11.4 Å². The van der Waals surface area contributed by atoms with E-state index in [1.54, 1.807) is 24.3 Å². The molecule has 4 heteroatoms. The van der Waals surface area contributed by atoms with Crippen molar-refractivity contribution < 1.29 is 10.2 Å². The van der Waals surface area contributed by atoms with Gasteiger partial charge in [-0.25, -0.2) is 0 Å². The molecule has 0 unspecified atom stereocenters. The molecule has 0 spiro atoms. The van der Waals surface area contributed by atoms with E-state index in [4.69, 9.17) is 21.7 Å². The van der Waals surface area contributed by atoms with Gasteiger partial charge in [-0.1, -0.05) is 12.1 Å². The Hall–Kier alpha value is -2.36.